The summed E-state index contributed by atoms with van der Waals surface area (Å²) < 4.78 is 6.74. The molecule has 0 aliphatic rings. The SMILES string of the molecule is C=CC(=O)N(O[Si](c1ccccc1)(c1ccccc1)C(C)(C)C)C(C)C. The van der Waals surface area contributed by atoms with Crippen molar-refractivity contribution in [2.45, 2.75) is 45.7 Å². The van der Waals surface area contributed by atoms with E-state index in [-0.39, 0.29) is 17.0 Å². The minimum atomic E-state index is -2.80. The Bertz CT molecular complexity index is 696. The summed E-state index contributed by atoms with van der Waals surface area (Å²) in [6.45, 7) is 14.1. The third-order valence-corrected chi connectivity index (χ3v) is 9.39. The zero-order valence-corrected chi connectivity index (χ0v) is 17.4. The summed E-state index contributed by atoms with van der Waals surface area (Å²) in [6, 6.07) is 20.5. The fourth-order valence-corrected chi connectivity index (χ4v) is 7.73. The molecule has 2 aromatic rings. The number of carbonyl (C=O) groups is 1. The Morgan fingerprint density at radius 2 is 1.42 bits per heavy atom. The molecular weight excluding hydrogens is 338 g/mol. The van der Waals surface area contributed by atoms with Gasteiger partial charge >= 0.3 is 0 Å². The van der Waals surface area contributed by atoms with Gasteiger partial charge in [-0.3, -0.25) is 4.79 Å². The molecule has 0 aromatic heterocycles. The van der Waals surface area contributed by atoms with Crippen molar-refractivity contribution in [3.63, 3.8) is 0 Å². The number of amides is 1. The van der Waals surface area contributed by atoms with E-state index in [9.17, 15) is 4.79 Å². The van der Waals surface area contributed by atoms with Crippen LogP contribution in [0, 0.1) is 0 Å². The zero-order chi connectivity index (χ0) is 19.4. The number of carbonyl (C=O) groups excluding carboxylic acids is 1. The lowest BCUT2D eigenvalue weighted by Crippen LogP contribution is -2.69. The highest BCUT2D eigenvalue weighted by atomic mass is 28.4. The van der Waals surface area contributed by atoms with Crippen molar-refractivity contribution in [2.75, 3.05) is 0 Å². The molecule has 3 nitrogen and oxygen atoms in total. The van der Waals surface area contributed by atoms with Crippen LogP contribution in [-0.2, 0) is 9.32 Å². The van der Waals surface area contributed by atoms with Gasteiger partial charge in [0.05, 0.1) is 6.04 Å². The Balaban J connectivity index is 2.75. The van der Waals surface area contributed by atoms with Crippen molar-refractivity contribution in [2.24, 2.45) is 0 Å². The summed E-state index contributed by atoms with van der Waals surface area (Å²) in [6.07, 6.45) is 1.32. The van der Waals surface area contributed by atoms with Crippen molar-refractivity contribution in [3.8, 4) is 0 Å². The number of benzene rings is 2. The van der Waals surface area contributed by atoms with Gasteiger partial charge in [0.25, 0.3) is 14.2 Å². The van der Waals surface area contributed by atoms with E-state index in [2.05, 4.69) is 51.6 Å². The Morgan fingerprint density at radius 3 is 1.73 bits per heavy atom. The van der Waals surface area contributed by atoms with E-state index >= 15 is 0 Å². The van der Waals surface area contributed by atoms with E-state index in [1.54, 1.807) is 0 Å². The quantitative estimate of drug-likeness (QED) is 0.440. The van der Waals surface area contributed by atoms with E-state index in [4.69, 9.17) is 4.53 Å². The van der Waals surface area contributed by atoms with Crippen molar-refractivity contribution >= 4 is 24.6 Å². The molecule has 0 fully saturated rings. The number of hydrogen-bond acceptors (Lipinski definition) is 2. The Hall–Kier alpha value is -2.17. The Labute approximate surface area is 158 Å². The van der Waals surface area contributed by atoms with E-state index in [1.807, 2.05) is 50.2 Å². The van der Waals surface area contributed by atoms with E-state index in [0.717, 1.165) is 10.4 Å². The van der Waals surface area contributed by atoms with Gasteiger partial charge in [-0.15, -0.1) is 0 Å². The second-order valence-electron chi connectivity index (χ2n) is 7.72. The van der Waals surface area contributed by atoms with E-state index in [1.165, 1.54) is 11.1 Å². The minimum absolute atomic E-state index is 0.0952. The lowest BCUT2D eigenvalue weighted by molar-refractivity contribution is -0.160. The molecule has 2 aromatic carbocycles. The molecule has 0 N–H and O–H groups in total. The van der Waals surface area contributed by atoms with Crippen LogP contribution >= 0.6 is 0 Å². The largest absolute Gasteiger partial charge is 0.305 e. The maximum Gasteiger partial charge on any atom is 0.296 e. The molecule has 0 radical (unpaired) electrons. The molecule has 1 amide bonds. The Morgan fingerprint density at radius 1 is 1.00 bits per heavy atom. The molecular formula is C22H29NO2Si. The number of nitrogens with zero attached hydrogens (tertiary/aromatic N) is 1. The van der Waals surface area contributed by atoms with Gasteiger partial charge in [0.1, 0.15) is 0 Å². The fourth-order valence-electron chi connectivity index (χ4n) is 3.26. The van der Waals surface area contributed by atoms with Crippen LogP contribution in [0.1, 0.15) is 34.6 Å². The van der Waals surface area contributed by atoms with E-state index in [0.29, 0.717) is 0 Å². The van der Waals surface area contributed by atoms with Crippen LogP contribution in [0.5, 0.6) is 0 Å². The van der Waals surface area contributed by atoms with Crippen molar-refractivity contribution in [1.82, 2.24) is 5.06 Å². The van der Waals surface area contributed by atoms with Gasteiger partial charge in [0, 0.05) is 0 Å². The lowest BCUT2D eigenvalue weighted by atomic mass is 10.2. The number of rotatable bonds is 6. The summed E-state index contributed by atoms with van der Waals surface area (Å²) in [5, 5.41) is 3.58. The molecule has 0 saturated carbocycles. The van der Waals surface area contributed by atoms with Gasteiger partial charge in [-0.2, -0.15) is 0 Å². The molecule has 0 aliphatic heterocycles. The normalized spacial score (nSPS) is 12.1. The molecule has 0 aliphatic carbocycles. The molecule has 0 heterocycles. The monoisotopic (exact) mass is 367 g/mol. The first-order valence-corrected chi connectivity index (χ1v) is 10.9. The molecule has 138 valence electrons. The number of hydroxylamine groups is 2. The van der Waals surface area contributed by atoms with Crippen LogP contribution < -0.4 is 10.4 Å². The smallest absolute Gasteiger partial charge is 0.296 e. The fraction of sp³-hybridized carbons (Fsp3) is 0.318. The average Bonchev–Trinajstić information content (AvgIpc) is 2.62. The topological polar surface area (TPSA) is 29.5 Å². The van der Waals surface area contributed by atoms with E-state index < -0.39 is 8.32 Å². The van der Waals surface area contributed by atoms with Crippen LogP contribution in [-0.4, -0.2) is 25.3 Å². The molecule has 2 rings (SSSR count). The average molecular weight is 368 g/mol. The standard InChI is InChI=1S/C22H29NO2Si/c1-7-21(24)23(18(2)3)25-26(22(4,5)6,19-14-10-8-11-15-19)20-16-12-9-13-17-20/h7-18H,1H2,2-6H3. The molecule has 0 unspecified atom stereocenters. The van der Waals surface area contributed by atoms with Crippen molar-refractivity contribution in [3.05, 3.63) is 73.3 Å². The van der Waals surface area contributed by atoms with Gasteiger partial charge in [-0.1, -0.05) is 88.0 Å². The van der Waals surface area contributed by atoms with Crippen LogP contribution in [0.2, 0.25) is 5.04 Å². The predicted octanol–water partition coefficient (Wildman–Crippen LogP) is 3.90. The minimum Gasteiger partial charge on any atom is -0.305 e. The van der Waals surface area contributed by atoms with Gasteiger partial charge in [0.2, 0.25) is 0 Å². The highest BCUT2D eigenvalue weighted by Crippen LogP contribution is 2.37. The summed E-state index contributed by atoms with van der Waals surface area (Å²) in [4.78, 5) is 12.5. The first-order chi connectivity index (χ1) is 12.2. The van der Waals surface area contributed by atoms with Gasteiger partial charge in [-0.25, -0.2) is 5.06 Å². The van der Waals surface area contributed by atoms with Crippen molar-refractivity contribution < 1.29 is 9.32 Å². The van der Waals surface area contributed by atoms with Gasteiger partial charge in [0.15, 0.2) is 0 Å². The van der Waals surface area contributed by atoms with Crippen molar-refractivity contribution in [1.29, 1.82) is 0 Å². The first kappa shape index (κ1) is 20.1. The molecule has 0 spiro atoms. The van der Waals surface area contributed by atoms with Crippen LogP contribution in [0.15, 0.2) is 73.3 Å². The Kier molecular flexibility index (Phi) is 6.21. The molecule has 0 bridgehead atoms. The van der Waals surface area contributed by atoms with Crippen LogP contribution in [0.25, 0.3) is 0 Å². The molecule has 0 saturated heterocycles. The highest BCUT2D eigenvalue weighted by molar-refractivity contribution is 6.99. The maximum absolute atomic E-state index is 12.5. The second kappa shape index (κ2) is 8.02. The molecule has 26 heavy (non-hydrogen) atoms. The first-order valence-electron chi connectivity index (χ1n) is 9.00. The molecule has 4 heteroatoms. The summed E-state index contributed by atoms with van der Waals surface area (Å²) in [5.41, 5.74) is 0. The summed E-state index contributed by atoms with van der Waals surface area (Å²) >= 11 is 0. The number of hydrogen-bond donors (Lipinski definition) is 0. The summed E-state index contributed by atoms with van der Waals surface area (Å²) in [7, 11) is -2.80. The van der Waals surface area contributed by atoms with Gasteiger partial charge in [-0.05, 0) is 35.3 Å². The van der Waals surface area contributed by atoms with Crippen LogP contribution in [0.3, 0.4) is 0 Å². The van der Waals surface area contributed by atoms with Crippen LogP contribution in [0.4, 0.5) is 0 Å². The van der Waals surface area contributed by atoms with Gasteiger partial charge < -0.3 is 4.53 Å². The third-order valence-electron chi connectivity index (χ3n) is 4.51. The maximum atomic E-state index is 12.5. The highest BCUT2D eigenvalue weighted by Gasteiger charge is 2.53. The third kappa shape index (κ3) is 3.81. The second-order valence-corrected chi connectivity index (χ2v) is 11.9. The molecule has 0 atom stereocenters. The predicted molar refractivity (Wildman–Crippen MR) is 111 cm³/mol. The lowest BCUT2D eigenvalue weighted by Gasteiger charge is -2.45. The summed E-state index contributed by atoms with van der Waals surface area (Å²) in [5.74, 6) is -0.215. The zero-order valence-electron chi connectivity index (χ0n) is 16.4.